The Labute approximate surface area is 388 Å². The average Bonchev–Trinajstić information content (AvgIpc) is 3.95. The molecule has 8 aromatic carbocycles. The van der Waals surface area contributed by atoms with Crippen LogP contribution in [0.4, 0.5) is 0 Å². The Kier molecular flexibility index (Phi) is 11.6. The fraction of sp³-hybridized carbons (Fsp3) is 0.133. The van der Waals surface area contributed by atoms with E-state index >= 15 is 0 Å². The summed E-state index contributed by atoms with van der Waals surface area (Å²) in [6, 6.07) is 70.9. The van der Waals surface area contributed by atoms with E-state index in [0.717, 1.165) is 12.8 Å². The van der Waals surface area contributed by atoms with Crippen LogP contribution < -0.4 is 0 Å². The zero-order valence-electron chi connectivity index (χ0n) is 37.0. The first kappa shape index (κ1) is 42.8. The van der Waals surface area contributed by atoms with E-state index in [2.05, 4.69) is 233 Å². The van der Waals surface area contributed by atoms with Crippen molar-refractivity contribution in [3.63, 3.8) is 0 Å². The van der Waals surface area contributed by atoms with Crippen LogP contribution in [0, 0.1) is 0 Å². The SMILES string of the molecule is CCC1=Cc2c(ccc(-c3ccccc3)c2-c2ccccc2-c2ccccc2)[CH]1[Zr]([Cl])([Cl])([CH]1C(CC)=Cc2c1ccc(-c1ccccc1)c2-c1ccccc1-c1ccccc1)[SiH](C)C. The Balaban J connectivity index is 1.23. The Morgan fingerprint density at radius 1 is 0.375 bits per heavy atom. The summed E-state index contributed by atoms with van der Waals surface area (Å²) in [5.74, 6) is -1.83. The second-order valence-electron chi connectivity index (χ2n) is 17.9. The standard InChI is InChI=1S/2C29H23.C2H7Si.2ClH.Zr/c2*1-2-21-19-24-17-18-26(23-13-7-4-8-14-23)29(28(24)20-21)27-16-10-9-15-25(27)22-11-5-3-6-12-22;1-3-2;;;/h2*3-20H,2H2,1H3;3H,1-2H3;2*1H;/q;;;;;+2/p-2. The molecule has 64 heavy (non-hydrogen) atoms. The third-order valence-electron chi connectivity index (χ3n) is 14.3. The molecule has 0 radical (unpaired) electrons. The van der Waals surface area contributed by atoms with Gasteiger partial charge < -0.3 is 0 Å². The van der Waals surface area contributed by atoms with Crippen molar-refractivity contribution in [1.82, 2.24) is 0 Å². The van der Waals surface area contributed by atoms with E-state index < -0.39 is 21.5 Å². The second kappa shape index (κ2) is 17.4. The Morgan fingerprint density at radius 2 is 0.672 bits per heavy atom. The molecule has 0 aromatic heterocycles. The molecule has 2 unspecified atom stereocenters. The number of rotatable bonds is 11. The van der Waals surface area contributed by atoms with E-state index in [1.807, 2.05) is 0 Å². The molecule has 0 N–H and O–H groups in total. The fourth-order valence-corrected chi connectivity index (χ4v) is 43.0. The third kappa shape index (κ3) is 7.05. The van der Waals surface area contributed by atoms with Crippen molar-refractivity contribution >= 4 is 35.1 Å². The molecule has 0 aliphatic heterocycles. The minimum atomic E-state index is -5.16. The molecule has 8 aromatic rings. The molecule has 2 aliphatic carbocycles. The molecule has 2 aliphatic rings. The molecule has 0 nitrogen and oxygen atoms in total. The van der Waals surface area contributed by atoms with Gasteiger partial charge in [0.25, 0.3) is 0 Å². The van der Waals surface area contributed by atoms with E-state index in [-0.39, 0.29) is 7.25 Å². The molecule has 0 saturated carbocycles. The fourth-order valence-electron chi connectivity index (χ4n) is 11.2. The molecule has 0 saturated heterocycles. The van der Waals surface area contributed by atoms with Gasteiger partial charge in [0.05, 0.1) is 0 Å². The van der Waals surface area contributed by atoms with Gasteiger partial charge in [-0.05, 0) is 0 Å². The average molecular weight is 964 g/mol. The van der Waals surface area contributed by atoms with Crippen molar-refractivity contribution in [3.05, 3.63) is 228 Å². The van der Waals surface area contributed by atoms with Crippen molar-refractivity contribution in [2.45, 2.75) is 47.0 Å². The topological polar surface area (TPSA) is 0 Å². The van der Waals surface area contributed by atoms with Crippen molar-refractivity contribution in [1.29, 1.82) is 0 Å². The Morgan fingerprint density at radius 3 is 0.984 bits per heavy atom. The molecular formula is C60H53Cl2SiZr. The Bertz CT molecular complexity index is 2880. The molecule has 0 bridgehead atoms. The van der Waals surface area contributed by atoms with Gasteiger partial charge in [-0.3, -0.25) is 0 Å². The first-order valence-corrected chi connectivity index (χ1v) is 39.3. The van der Waals surface area contributed by atoms with E-state index in [1.165, 1.54) is 100 Å². The second-order valence-corrected chi connectivity index (χ2v) is 60.4. The van der Waals surface area contributed by atoms with Crippen LogP contribution in [0.5, 0.6) is 0 Å². The van der Waals surface area contributed by atoms with Crippen LogP contribution >= 0.6 is 17.0 Å². The number of hydrogen-bond acceptors (Lipinski definition) is 0. The van der Waals surface area contributed by atoms with Crippen molar-refractivity contribution < 1.29 is 15.6 Å². The quantitative estimate of drug-likeness (QED) is 0.113. The number of halogens is 2. The zero-order chi connectivity index (χ0) is 44.0. The van der Waals surface area contributed by atoms with Gasteiger partial charge in [0, 0.05) is 0 Å². The summed E-state index contributed by atoms with van der Waals surface area (Å²) in [5.41, 5.74) is 22.7. The first-order chi connectivity index (χ1) is 31.2. The number of fused-ring (bicyclic) bond motifs is 2. The van der Waals surface area contributed by atoms with Gasteiger partial charge in [-0.2, -0.15) is 0 Å². The number of allylic oxidation sites excluding steroid dienone is 2. The van der Waals surface area contributed by atoms with E-state index in [1.54, 1.807) is 0 Å². The third-order valence-corrected chi connectivity index (χ3v) is 66.2. The normalized spacial score (nSPS) is 16.1. The summed E-state index contributed by atoms with van der Waals surface area (Å²) in [5, 5.41) is 0. The van der Waals surface area contributed by atoms with Crippen LogP contribution in [0.25, 0.3) is 78.9 Å². The van der Waals surface area contributed by atoms with Gasteiger partial charge in [-0.15, -0.1) is 0 Å². The molecule has 2 atom stereocenters. The minimum absolute atomic E-state index is 0.0244. The number of benzene rings is 8. The van der Waals surface area contributed by atoms with Gasteiger partial charge in [0.2, 0.25) is 0 Å². The summed E-state index contributed by atoms with van der Waals surface area (Å²) in [4.78, 5) is 0. The predicted octanol–water partition coefficient (Wildman–Crippen LogP) is 18.1. The number of hydrogen-bond donors (Lipinski definition) is 0. The van der Waals surface area contributed by atoms with Crippen molar-refractivity contribution in [2.75, 3.05) is 0 Å². The van der Waals surface area contributed by atoms with Gasteiger partial charge >= 0.3 is 392 Å². The zero-order valence-corrected chi connectivity index (χ0v) is 42.2. The van der Waals surface area contributed by atoms with Crippen molar-refractivity contribution in [2.24, 2.45) is 0 Å². The van der Waals surface area contributed by atoms with Crippen LogP contribution in [-0.2, 0) is 15.6 Å². The summed E-state index contributed by atoms with van der Waals surface area (Å²) in [7, 11) is 18.1. The van der Waals surface area contributed by atoms with Crippen LogP contribution in [0.3, 0.4) is 0 Å². The summed E-state index contributed by atoms with van der Waals surface area (Å²) in [6.07, 6.45) is 6.81. The van der Waals surface area contributed by atoms with Gasteiger partial charge in [0.15, 0.2) is 0 Å². The van der Waals surface area contributed by atoms with E-state index in [9.17, 15) is 0 Å². The molecule has 0 spiro atoms. The molecule has 0 heterocycles. The molecule has 10 rings (SSSR count). The van der Waals surface area contributed by atoms with E-state index in [0.29, 0.717) is 0 Å². The van der Waals surface area contributed by atoms with Gasteiger partial charge in [0.1, 0.15) is 0 Å². The summed E-state index contributed by atoms with van der Waals surface area (Å²) in [6.45, 7) is 9.57. The predicted molar refractivity (Wildman–Crippen MR) is 278 cm³/mol. The summed E-state index contributed by atoms with van der Waals surface area (Å²) < 4.78 is -0.0488. The maximum atomic E-state index is 9.06. The van der Waals surface area contributed by atoms with Gasteiger partial charge in [-0.1, -0.05) is 0 Å². The van der Waals surface area contributed by atoms with Gasteiger partial charge in [-0.25, -0.2) is 0 Å². The van der Waals surface area contributed by atoms with Crippen LogP contribution in [-0.4, -0.2) is 5.92 Å². The molecular weight excluding hydrogens is 911 g/mol. The molecule has 0 amide bonds. The molecule has 315 valence electrons. The first-order valence-electron chi connectivity index (χ1n) is 22.9. The van der Waals surface area contributed by atoms with Crippen LogP contribution in [0.2, 0.25) is 13.1 Å². The molecule has 0 fully saturated rings. The van der Waals surface area contributed by atoms with Crippen LogP contribution in [0.15, 0.2) is 205 Å². The van der Waals surface area contributed by atoms with Crippen LogP contribution in [0.1, 0.15) is 56.2 Å². The summed E-state index contributed by atoms with van der Waals surface area (Å²) >= 11 is -5.16. The Hall–Kier alpha value is -5.08. The van der Waals surface area contributed by atoms with Crippen molar-refractivity contribution in [3.8, 4) is 66.8 Å². The maximum absolute atomic E-state index is 9.06. The van der Waals surface area contributed by atoms with E-state index in [4.69, 9.17) is 17.0 Å². The molecule has 4 heteroatoms. The monoisotopic (exact) mass is 961 g/mol.